The predicted octanol–water partition coefficient (Wildman–Crippen LogP) is 2.58. The highest BCUT2D eigenvalue weighted by Crippen LogP contribution is 2.34. The number of benzene rings is 1. The third-order valence-electron chi connectivity index (χ3n) is 4.11. The van der Waals surface area contributed by atoms with E-state index in [1.807, 2.05) is 30.3 Å². The molecule has 1 atom stereocenters. The summed E-state index contributed by atoms with van der Waals surface area (Å²) in [5, 5.41) is 2.66. The van der Waals surface area contributed by atoms with Crippen molar-refractivity contribution < 1.29 is 14.3 Å². The van der Waals surface area contributed by atoms with Gasteiger partial charge in [-0.25, -0.2) is 4.79 Å². The predicted molar refractivity (Wildman–Crippen MR) is 73.9 cm³/mol. The SMILES string of the molecule is CN(c1ccccc1)N1C(=O)OC(C2CCCC2)C1=O. The third kappa shape index (κ3) is 2.13. The van der Waals surface area contributed by atoms with Crippen LogP contribution in [0.3, 0.4) is 0 Å². The fraction of sp³-hybridized carbons (Fsp3) is 0.467. The first-order chi connectivity index (χ1) is 9.68. The number of hydrazine groups is 1. The van der Waals surface area contributed by atoms with Gasteiger partial charge >= 0.3 is 6.09 Å². The van der Waals surface area contributed by atoms with Crippen molar-refractivity contribution in [2.75, 3.05) is 12.1 Å². The number of hydrogen-bond acceptors (Lipinski definition) is 4. The van der Waals surface area contributed by atoms with Crippen molar-refractivity contribution in [1.82, 2.24) is 5.01 Å². The van der Waals surface area contributed by atoms with Gasteiger partial charge in [-0.2, -0.15) is 0 Å². The van der Waals surface area contributed by atoms with E-state index in [2.05, 4.69) is 0 Å². The monoisotopic (exact) mass is 274 g/mol. The van der Waals surface area contributed by atoms with Gasteiger partial charge in [0.15, 0.2) is 6.10 Å². The summed E-state index contributed by atoms with van der Waals surface area (Å²) >= 11 is 0. The fourth-order valence-corrected chi connectivity index (χ4v) is 3.01. The molecule has 0 spiro atoms. The van der Waals surface area contributed by atoms with Crippen LogP contribution in [0.5, 0.6) is 0 Å². The summed E-state index contributed by atoms with van der Waals surface area (Å²) in [4.78, 5) is 24.5. The summed E-state index contributed by atoms with van der Waals surface area (Å²) in [6.45, 7) is 0. The number of hydrogen-bond donors (Lipinski definition) is 0. The largest absolute Gasteiger partial charge is 0.437 e. The van der Waals surface area contributed by atoms with Gasteiger partial charge in [-0.15, -0.1) is 5.01 Å². The van der Waals surface area contributed by atoms with E-state index >= 15 is 0 Å². The molecule has 2 amide bonds. The average molecular weight is 274 g/mol. The molecule has 20 heavy (non-hydrogen) atoms. The minimum Gasteiger partial charge on any atom is -0.434 e. The quantitative estimate of drug-likeness (QED) is 0.850. The van der Waals surface area contributed by atoms with E-state index in [-0.39, 0.29) is 11.8 Å². The maximum Gasteiger partial charge on any atom is 0.437 e. The van der Waals surface area contributed by atoms with Crippen LogP contribution in [0.2, 0.25) is 0 Å². The fourth-order valence-electron chi connectivity index (χ4n) is 3.01. The summed E-state index contributed by atoms with van der Waals surface area (Å²) in [6.07, 6.45) is 2.98. The zero-order valence-corrected chi connectivity index (χ0v) is 11.5. The first-order valence-electron chi connectivity index (χ1n) is 7.02. The molecule has 1 saturated carbocycles. The molecule has 1 aliphatic carbocycles. The minimum atomic E-state index is -0.601. The third-order valence-corrected chi connectivity index (χ3v) is 4.11. The number of carbonyl (C=O) groups is 2. The van der Waals surface area contributed by atoms with Crippen LogP contribution in [0, 0.1) is 5.92 Å². The number of carbonyl (C=O) groups excluding carboxylic acids is 2. The molecular formula is C15H18N2O3. The number of cyclic esters (lactones) is 1. The number of rotatable bonds is 3. The van der Waals surface area contributed by atoms with Crippen molar-refractivity contribution in [2.45, 2.75) is 31.8 Å². The Balaban J connectivity index is 1.80. The second-order valence-electron chi connectivity index (χ2n) is 5.36. The van der Waals surface area contributed by atoms with Crippen LogP contribution in [0.4, 0.5) is 10.5 Å². The molecule has 2 aliphatic rings. The summed E-state index contributed by atoms with van der Waals surface area (Å²) < 4.78 is 5.31. The first-order valence-corrected chi connectivity index (χ1v) is 7.02. The lowest BCUT2D eigenvalue weighted by molar-refractivity contribution is -0.131. The molecular weight excluding hydrogens is 256 g/mol. The lowest BCUT2D eigenvalue weighted by Crippen LogP contribution is -2.45. The van der Waals surface area contributed by atoms with Gasteiger partial charge in [0.2, 0.25) is 0 Å². The molecule has 106 valence electrons. The maximum atomic E-state index is 12.5. The summed E-state index contributed by atoms with van der Waals surface area (Å²) in [6, 6.07) is 9.33. The number of anilines is 1. The Labute approximate surface area is 118 Å². The van der Waals surface area contributed by atoms with Crippen LogP contribution in [0.15, 0.2) is 30.3 Å². The van der Waals surface area contributed by atoms with Crippen LogP contribution < -0.4 is 5.01 Å². The first kappa shape index (κ1) is 13.0. The number of imide groups is 1. The van der Waals surface area contributed by atoms with E-state index in [0.29, 0.717) is 0 Å². The van der Waals surface area contributed by atoms with E-state index in [1.165, 1.54) is 0 Å². The Morgan fingerprint density at radius 1 is 1.15 bits per heavy atom. The van der Waals surface area contributed by atoms with Crippen LogP contribution in [0.25, 0.3) is 0 Å². The van der Waals surface area contributed by atoms with Gasteiger partial charge in [-0.05, 0) is 25.0 Å². The van der Waals surface area contributed by atoms with E-state index in [4.69, 9.17) is 4.74 Å². The Bertz CT molecular complexity index is 511. The molecule has 0 radical (unpaired) electrons. The van der Waals surface area contributed by atoms with Gasteiger partial charge in [0.1, 0.15) is 0 Å². The summed E-state index contributed by atoms with van der Waals surface area (Å²) in [7, 11) is 1.70. The van der Waals surface area contributed by atoms with Gasteiger partial charge < -0.3 is 4.74 Å². The molecule has 1 saturated heterocycles. The van der Waals surface area contributed by atoms with Crippen LogP contribution in [-0.2, 0) is 9.53 Å². The normalized spacial score (nSPS) is 23.2. The topological polar surface area (TPSA) is 49.9 Å². The van der Waals surface area contributed by atoms with E-state index in [1.54, 1.807) is 12.1 Å². The number of amides is 2. The smallest absolute Gasteiger partial charge is 0.434 e. The number of para-hydroxylation sites is 1. The minimum absolute atomic E-state index is 0.181. The van der Waals surface area contributed by atoms with Crippen molar-refractivity contribution in [2.24, 2.45) is 5.92 Å². The zero-order chi connectivity index (χ0) is 14.1. The molecule has 0 bridgehead atoms. The average Bonchev–Trinajstić information content (AvgIpc) is 3.07. The lowest BCUT2D eigenvalue weighted by atomic mass is 10.0. The molecule has 0 N–H and O–H groups in total. The molecule has 1 unspecified atom stereocenters. The van der Waals surface area contributed by atoms with Gasteiger partial charge in [-0.1, -0.05) is 31.0 Å². The molecule has 1 aromatic carbocycles. The molecule has 0 aromatic heterocycles. The maximum absolute atomic E-state index is 12.5. The highest BCUT2D eigenvalue weighted by Gasteiger charge is 2.47. The molecule has 1 aromatic rings. The zero-order valence-electron chi connectivity index (χ0n) is 11.5. The van der Waals surface area contributed by atoms with E-state index in [9.17, 15) is 9.59 Å². The van der Waals surface area contributed by atoms with Crippen molar-refractivity contribution >= 4 is 17.7 Å². The molecule has 1 heterocycles. The van der Waals surface area contributed by atoms with Crippen molar-refractivity contribution in [1.29, 1.82) is 0 Å². The van der Waals surface area contributed by atoms with Crippen LogP contribution >= 0.6 is 0 Å². The van der Waals surface area contributed by atoms with Crippen molar-refractivity contribution in [3.05, 3.63) is 30.3 Å². The molecule has 2 fully saturated rings. The highest BCUT2D eigenvalue weighted by atomic mass is 16.6. The molecule has 3 rings (SSSR count). The highest BCUT2D eigenvalue weighted by molar-refractivity contribution is 6.01. The molecule has 5 heteroatoms. The van der Waals surface area contributed by atoms with Crippen molar-refractivity contribution in [3.8, 4) is 0 Å². The van der Waals surface area contributed by atoms with Crippen LogP contribution in [-0.4, -0.2) is 30.2 Å². The second kappa shape index (κ2) is 5.15. The van der Waals surface area contributed by atoms with E-state index in [0.717, 1.165) is 36.4 Å². The Kier molecular flexibility index (Phi) is 3.34. The summed E-state index contributed by atoms with van der Waals surface area (Å²) in [5.74, 6) is -0.0612. The second-order valence-corrected chi connectivity index (χ2v) is 5.36. The van der Waals surface area contributed by atoms with Gasteiger partial charge in [-0.3, -0.25) is 9.80 Å². The summed E-state index contributed by atoms with van der Waals surface area (Å²) in [5.41, 5.74) is 0.782. The standard InChI is InChI=1S/C15H18N2O3/c1-16(12-9-3-2-4-10-12)17-14(18)13(20-15(17)19)11-7-5-6-8-11/h2-4,9-11,13H,5-8H2,1H3. The number of ether oxygens (including phenoxy) is 1. The van der Waals surface area contributed by atoms with Gasteiger partial charge in [0.25, 0.3) is 5.91 Å². The molecule has 1 aliphatic heterocycles. The Morgan fingerprint density at radius 2 is 1.80 bits per heavy atom. The van der Waals surface area contributed by atoms with E-state index < -0.39 is 12.2 Å². The molecule has 5 nitrogen and oxygen atoms in total. The lowest BCUT2D eigenvalue weighted by Gasteiger charge is -2.26. The van der Waals surface area contributed by atoms with Gasteiger partial charge in [0.05, 0.1) is 5.69 Å². The Morgan fingerprint density at radius 3 is 2.45 bits per heavy atom. The Hall–Kier alpha value is -2.04. The van der Waals surface area contributed by atoms with Gasteiger partial charge in [0, 0.05) is 13.0 Å². The number of nitrogens with zero attached hydrogens (tertiary/aromatic N) is 2. The van der Waals surface area contributed by atoms with Crippen molar-refractivity contribution in [3.63, 3.8) is 0 Å². The van der Waals surface area contributed by atoms with Crippen LogP contribution in [0.1, 0.15) is 25.7 Å².